The number of carbonyl (C=O) groups is 1. The highest BCUT2D eigenvalue weighted by Gasteiger charge is 2.13. The van der Waals surface area contributed by atoms with Gasteiger partial charge in [0.05, 0.1) is 12.8 Å². The van der Waals surface area contributed by atoms with Crippen molar-refractivity contribution in [3.8, 4) is 17.0 Å². The molecule has 2 N–H and O–H groups in total. The van der Waals surface area contributed by atoms with Crippen molar-refractivity contribution in [3.63, 3.8) is 0 Å². The van der Waals surface area contributed by atoms with Gasteiger partial charge in [-0.2, -0.15) is 0 Å². The zero-order valence-corrected chi connectivity index (χ0v) is 11.6. The van der Waals surface area contributed by atoms with E-state index in [9.17, 15) is 4.79 Å². The number of carbonyl (C=O) groups excluding carboxylic acids is 1. The Labute approximate surface area is 117 Å². The van der Waals surface area contributed by atoms with Crippen LogP contribution in [0.4, 0.5) is 5.95 Å². The molecule has 0 unspecified atom stereocenters. The van der Waals surface area contributed by atoms with Crippen molar-refractivity contribution >= 4 is 11.9 Å². The molecule has 20 heavy (non-hydrogen) atoms. The van der Waals surface area contributed by atoms with Gasteiger partial charge in [-0.1, -0.05) is 12.1 Å². The summed E-state index contributed by atoms with van der Waals surface area (Å²) < 4.78 is 5.17. The number of nitrogens with two attached hydrogens (primary N) is 1. The Morgan fingerprint density at radius 1 is 1.25 bits per heavy atom. The summed E-state index contributed by atoms with van der Waals surface area (Å²) in [7, 11) is 4.91. The Morgan fingerprint density at radius 2 is 2.00 bits per heavy atom. The lowest BCUT2D eigenvalue weighted by Gasteiger charge is -2.11. The lowest BCUT2D eigenvalue weighted by atomic mass is 10.1. The van der Waals surface area contributed by atoms with Gasteiger partial charge in [-0.3, -0.25) is 4.79 Å². The predicted molar refractivity (Wildman–Crippen MR) is 76.4 cm³/mol. The van der Waals surface area contributed by atoms with E-state index in [1.165, 1.54) is 4.90 Å². The van der Waals surface area contributed by atoms with Crippen LogP contribution in [0.1, 0.15) is 10.5 Å². The molecule has 0 spiro atoms. The number of nitrogen functional groups attached to an aromatic ring is 1. The van der Waals surface area contributed by atoms with Crippen LogP contribution < -0.4 is 10.5 Å². The third-order valence-corrected chi connectivity index (χ3v) is 2.73. The number of hydrogen-bond acceptors (Lipinski definition) is 5. The normalized spacial score (nSPS) is 10.2. The predicted octanol–water partition coefficient (Wildman–Crippen LogP) is 1.44. The highest BCUT2D eigenvalue weighted by molar-refractivity contribution is 5.93. The molecule has 0 radical (unpaired) electrons. The van der Waals surface area contributed by atoms with Gasteiger partial charge in [-0.25, -0.2) is 9.97 Å². The van der Waals surface area contributed by atoms with E-state index in [1.807, 2.05) is 24.3 Å². The third-order valence-electron chi connectivity index (χ3n) is 2.73. The Morgan fingerprint density at radius 3 is 2.65 bits per heavy atom. The number of amides is 1. The Hall–Kier alpha value is -2.63. The van der Waals surface area contributed by atoms with Gasteiger partial charge in [-0.15, -0.1) is 0 Å². The maximum Gasteiger partial charge on any atom is 0.272 e. The van der Waals surface area contributed by atoms with Crippen molar-refractivity contribution in [2.24, 2.45) is 0 Å². The molecule has 0 aliphatic carbocycles. The summed E-state index contributed by atoms with van der Waals surface area (Å²) in [5, 5.41) is 0. The molecule has 2 rings (SSSR count). The summed E-state index contributed by atoms with van der Waals surface area (Å²) in [4.78, 5) is 21.5. The minimum atomic E-state index is -0.219. The smallest absolute Gasteiger partial charge is 0.272 e. The number of anilines is 1. The molecular weight excluding hydrogens is 256 g/mol. The largest absolute Gasteiger partial charge is 0.497 e. The number of hydrogen-bond donors (Lipinski definition) is 1. The van der Waals surface area contributed by atoms with E-state index in [1.54, 1.807) is 27.3 Å². The molecule has 1 amide bonds. The van der Waals surface area contributed by atoms with E-state index >= 15 is 0 Å². The van der Waals surface area contributed by atoms with Crippen LogP contribution in [0.3, 0.4) is 0 Å². The topological polar surface area (TPSA) is 81.3 Å². The number of benzene rings is 1. The molecule has 0 saturated heterocycles. The summed E-state index contributed by atoms with van der Waals surface area (Å²) in [5.41, 5.74) is 7.34. The number of aromatic nitrogens is 2. The summed E-state index contributed by atoms with van der Waals surface area (Å²) in [5.74, 6) is 0.555. The first-order valence-electron chi connectivity index (χ1n) is 6.02. The summed E-state index contributed by atoms with van der Waals surface area (Å²) in [6.07, 6.45) is 0. The quantitative estimate of drug-likeness (QED) is 0.914. The van der Waals surface area contributed by atoms with Gasteiger partial charge in [0.15, 0.2) is 0 Å². The lowest BCUT2D eigenvalue weighted by molar-refractivity contribution is 0.0822. The summed E-state index contributed by atoms with van der Waals surface area (Å²) in [6, 6.07) is 8.99. The van der Waals surface area contributed by atoms with Crippen LogP contribution in [-0.2, 0) is 0 Å². The second-order valence-corrected chi connectivity index (χ2v) is 4.43. The monoisotopic (exact) mass is 272 g/mol. The molecular formula is C14H16N4O2. The molecule has 104 valence electrons. The van der Waals surface area contributed by atoms with Gasteiger partial charge in [-0.05, 0) is 18.2 Å². The van der Waals surface area contributed by atoms with Crippen molar-refractivity contribution in [2.75, 3.05) is 26.9 Å². The van der Waals surface area contributed by atoms with Crippen molar-refractivity contribution in [1.29, 1.82) is 0 Å². The summed E-state index contributed by atoms with van der Waals surface area (Å²) in [6.45, 7) is 0. The molecule has 1 heterocycles. The molecule has 0 bridgehead atoms. The zero-order chi connectivity index (χ0) is 14.7. The highest BCUT2D eigenvalue weighted by atomic mass is 16.5. The molecule has 0 saturated carbocycles. The maximum absolute atomic E-state index is 12.0. The molecule has 6 nitrogen and oxygen atoms in total. The van der Waals surface area contributed by atoms with Crippen molar-refractivity contribution < 1.29 is 9.53 Å². The first kappa shape index (κ1) is 13.8. The number of nitrogens with zero attached hydrogens (tertiary/aromatic N) is 3. The van der Waals surface area contributed by atoms with E-state index in [4.69, 9.17) is 10.5 Å². The molecule has 0 aliphatic heterocycles. The molecule has 0 atom stereocenters. The van der Waals surface area contributed by atoms with Gasteiger partial charge in [0.2, 0.25) is 5.95 Å². The van der Waals surface area contributed by atoms with Crippen LogP contribution in [0.15, 0.2) is 30.3 Å². The average molecular weight is 272 g/mol. The molecule has 1 aromatic heterocycles. The van der Waals surface area contributed by atoms with Crippen LogP contribution in [0.25, 0.3) is 11.3 Å². The first-order valence-corrected chi connectivity index (χ1v) is 6.02. The minimum Gasteiger partial charge on any atom is -0.497 e. The van der Waals surface area contributed by atoms with Crippen LogP contribution in [-0.4, -0.2) is 42.0 Å². The van der Waals surface area contributed by atoms with Crippen LogP contribution in [0.5, 0.6) is 5.75 Å². The zero-order valence-electron chi connectivity index (χ0n) is 11.6. The van der Waals surface area contributed by atoms with Crippen LogP contribution in [0, 0.1) is 0 Å². The minimum absolute atomic E-state index is 0.0653. The fourth-order valence-electron chi connectivity index (χ4n) is 1.73. The Kier molecular flexibility index (Phi) is 3.84. The molecule has 2 aromatic rings. The van der Waals surface area contributed by atoms with Crippen LogP contribution in [0.2, 0.25) is 0 Å². The van der Waals surface area contributed by atoms with Gasteiger partial charge >= 0.3 is 0 Å². The van der Waals surface area contributed by atoms with Crippen molar-refractivity contribution in [3.05, 3.63) is 36.0 Å². The second kappa shape index (κ2) is 5.56. The molecule has 0 fully saturated rings. The van der Waals surface area contributed by atoms with Crippen LogP contribution >= 0.6 is 0 Å². The second-order valence-electron chi connectivity index (χ2n) is 4.43. The fraction of sp³-hybridized carbons (Fsp3) is 0.214. The number of rotatable bonds is 3. The van der Waals surface area contributed by atoms with Gasteiger partial charge in [0.1, 0.15) is 11.4 Å². The highest BCUT2D eigenvalue weighted by Crippen LogP contribution is 2.23. The Bertz CT molecular complexity index is 641. The lowest BCUT2D eigenvalue weighted by Crippen LogP contribution is -2.23. The van der Waals surface area contributed by atoms with E-state index in [0.717, 1.165) is 5.56 Å². The van der Waals surface area contributed by atoms with Crippen molar-refractivity contribution in [1.82, 2.24) is 14.9 Å². The first-order chi connectivity index (χ1) is 9.51. The molecule has 0 aliphatic rings. The standard InChI is InChI=1S/C14H16N4O2/c1-18(2)13(19)12-8-11(16-14(15)17-12)9-5-4-6-10(7-9)20-3/h4-8H,1-3H3,(H2,15,16,17). The van der Waals surface area contributed by atoms with E-state index in [-0.39, 0.29) is 17.5 Å². The molecule has 1 aromatic carbocycles. The average Bonchev–Trinajstić information content (AvgIpc) is 2.45. The fourth-order valence-corrected chi connectivity index (χ4v) is 1.73. The van der Waals surface area contributed by atoms with Gasteiger partial charge in [0.25, 0.3) is 5.91 Å². The molecule has 6 heteroatoms. The van der Waals surface area contributed by atoms with E-state index in [2.05, 4.69) is 9.97 Å². The van der Waals surface area contributed by atoms with Crippen molar-refractivity contribution in [2.45, 2.75) is 0 Å². The Balaban J connectivity index is 2.49. The number of methoxy groups -OCH3 is 1. The summed E-state index contributed by atoms with van der Waals surface area (Å²) >= 11 is 0. The SMILES string of the molecule is COc1cccc(-c2cc(C(=O)N(C)C)nc(N)n2)c1. The maximum atomic E-state index is 12.0. The van der Waals surface area contributed by atoms with Gasteiger partial charge < -0.3 is 15.4 Å². The number of ether oxygens (including phenoxy) is 1. The van der Waals surface area contributed by atoms with Gasteiger partial charge in [0, 0.05) is 19.7 Å². The third kappa shape index (κ3) is 2.85. The van der Waals surface area contributed by atoms with E-state index in [0.29, 0.717) is 11.4 Å². The van der Waals surface area contributed by atoms with E-state index < -0.39 is 0 Å².